The van der Waals surface area contributed by atoms with Crippen LogP contribution in [0.5, 0.6) is 0 Å². The first-order valence-corrected chi connectivity index (χ1v) is 6.58. The number of thiol groups is 1. The quantitative estimate of drug-likeness (QED) is 0.669. The lowest BCUT2D eigenvalue weighted by molar-refractivity contribution is 0.277. The molecule has 15 heavy (non-hydrogen) atoms. The maximum atomic E-state index is 11.4. The summed E-state index contributed by atoms with van der Waals surface area (Å²) in [6.45, 7) is 0. The zero-order valence-electron chi connectivity index (χ0n) is 7.12. The monoisotopic (exact) mass is 282 g/mol. The predicted molar refractivity (Wildman–Crippen MR) is 62.8 cm³/mol. The second-order valence-corrected chi connectivity index (χ2v) is 6.08. The molecule has 0 fully saturated rings. The highest BCUT2D eigenvalue weighted by atomic mass is 35.5. The molecule has 0 aliphatic heterocycles. The second-order valence-electron chi connectivity index (χ2n) is 2.36. The van der Waals surface area contributed by atoms with E-state index in [2.05, 4.69) is 16.4 Å². The van der Waals surface area contributed by atoms with Gasteiger partial charge >= 0.3 is 26.0 Å². The Labute approximate surface area is 101 Å². The maximum Gasteiger partial charge on any atom is 0.491 e. The Morgan fingerprint density at radius 3 is 2.33 bits per heavy atom. The number of carbonyl (C=O) groups excluding carboxylic acids is 1. The van der Waals surface area contributed by atoms with Crippen molar-refractivity contribution in [1.29, 1.82) is 0 Å². The number of rotatable bonds is 2. The van der Waals surface area contributed by atoms with Gasteiger partial charge in [0.1, 0.15) is 3.77 Å². The number of nitrogens with zero attached hydrogens (tertiary/aromatic N) is 1. The van der Waals surface area contributed by atoms with Crippen LogP contribution < -0.4 is 0 Å². The molecule has 1 aromatic carbocycles. The van der Waals surface area contributed by atoms with E-state index in [9.17, 15) is 13.2 Å². The van der Waals surface area contributed by atoms with Crippen molar-refractivity contribution in [3.8, 4) is 0 Å². The predicted octanol–water partition coefficient (Wildman–Crippen LogP) is 2.34. The Hall–Kier alpha value is -0.500. The zero-order chi connectivity index (χ0) is 11.5. The molecule has 0 aromatic heterocycles. The Morgan fingerprint density at radius 2 is 1.87 bits per heavy atom. The van der Waals surface area contributed by atoms with Crippen LogP contribution in [0.15, 0.2) is 32.9 Å². The molecule has 0 bridgehead atoms. The molecule has 0 aliphatic carbocycles. The fourth-order valence-corrected chi connectivity index (χ4v) is 2.63. The number of hydrogen-bond donors (Lipinski definition) is 1. The van der Waals surface area contributed by atoms with E-state index in [1.807, 2.05) is 0 Å². The summed E-state index contributed by atoms with van der Waals surface area (Å²) in [4.78, 5) is 10.4. The lowest BCUT2D eigenvalue weighted by Gasteiger charge is -1.93. The van der Waals surface area contributed by atoms with Gasteiger partial charge in [-0.25, -0.2) is 4.79 Å². The molecule has 0 radical (unpaired) electrons. The highest BCUT2D eigenvalue weighted by Gasteiger charge is 2.20. The van der Waals surface area contributed by atoms with Crippen molar-refractivity contribution in [1.82, 2.24) is 0 Å². The number of halogens is 1. The van der Waals surface area contributed by atoms with Crippen LogP contribution in [-0.2, 0) is 21.6 Å². The van der Waals surface area contributed by atoms with Crippen molar-refractivity contribution in [2.75, 3.05) is 0 Å². The largest absolute Gasteiger partial charge is 0.491 e. The topological polar surface area (TPSA) is 63.6 Å². The first-order valence-electron chi connectivity index (χ1n) is 3.54. The molecule has 0 atom stereocenters. The molecule has 1 aromatic rings. The van der Waals surface area contributed by atoms with Crippen LogP contribution in [0.2, 0.25) is 5.02 Å². The van der Waals surface area contributed by atoms with Gasteiger partial charge in [0.05, 0.1) is 4.90 Å². The molecule has 80 valence electrons. The summed E-state index contributed by atoms with van der Waals surface area (Å²) in [6, 6.07) is 5.48. The fourth-order valence-electron chi connectivity index (χ4n) is 0.731. The van der Waals surface area contributed by atoms with E-state index in [1.165, 1.54) is 24.3 Å². The Balaban J connectivity index is 3.07. The van der Waals surface area contributed by atoms with E-state index < -0.39 is 14.5 Å². The van der Waals surface area contributed by atoms with E-state index in [0.29, 0.717) is 5.02 Å². The highest BCUT2D eigenvalue weighted by molar-refractivity contribution is 8.19. The van der Waals surface area contributed by atoms with Crippen molar-refractivity contribution >= 4 is 50.3 Å². The number of benzene rings is 1. The molecule has 0 saturated carbocycles. The minimum atomic E-state index is -3.81. The van der Waals surface area contributed by atoms with Gasteiger partial charge in [-0.05, 0) is 36.9 Å². The van der Waals surface area contributed by atoms with E-state index in [-0.39, 0.29) is 16.5 Å². The van der Waals surface area contributed by atoms with Gasteiger partial charge in [0, 0.05) is 5.02 Å². The third-order valence-corrected chi connectivity index (χ3v) is 3.93. The van der Waals surface area contributed by atoms with Gasteiger partial charge in [0.25, 0.3) is 0 Å². The van der Waals surface area contributed by atoms with Crippen LogP contribution in [0.4, 0.5) is 4.79 Å². The van der Waals surface area contributed by atoms with Crippen LogP contribution in [0.25, 0.3) is 0 Å². The molecule has 0 N–H and O–H groups in total. The second kappa shape index (κ2) is 5.02. The highest BCUT2D eigenvalue weighted by Crippen LogP contribution is 2.16. The molecule has 0 aliphatic rings. The zero-order valence-corrected chi connectivity index (χ0v) is 10.4. The molecule has 1 rings (SSSR count). The van der Waals surface area contributed by atoms with Gasteiger partial charge in [-0.2, -0.15) is 8.42 Å². The molecule has 4 nitrogen and oxygen atoms in total. The summed E-state index contributed by atoms with van der Waals surface area (Å²) in [5, 5.41) is 0.423. The summed E-state index contributed by atoms with van der Waals surface area (Å²) in [6.07, 6.45) is 0. The number of sulfonamides is 1. The van der Waals surface area contributed by atoms with E-state index >= 15 is 0 Å². The van der Waals surface area contributed by atoms with Crippen molar-refractivity contribution in [3.63, 3.8) is 0 Å². The SMILES string of the molecule is O=C(S)[S+]=NS(=O)(=O)c1ccc(Cl)cc1. The van der Waals surface area contributed by atoms with Crippen LogP contribution >= 0.6 is 24.2 Å². The Kier molecular flexibility index (Phi) is 4.21. The molecule has 0 amide bonds. The lowest BCUT2D eigenvalue weighted by atomic mass is 10.4. The van der Waals surface area contributed by atoms with Gasteiger partial charge in [-0.3, -0.25) is 0 Å². The summed E-state index contributed by atoms with van der Waals surface area (Å²) in [5.74, 6) is 0. The fraction of sp³-hybridized carbons (Fsp3) is 0. The molecule has 0 spiro atoms. The standard InChI is InChI=1S/C7H4ClNO3S3/c8-5-1-3-6(4-2-5)15(11,12)9-14-7(10)13/h1-4H/p+1. The molecular weight excluding hydrogens is 278 g/mol. The van der Waals surface area contributed by atoms with Gasteiger partial charge in [-0.15, -0.1) is 0 Å². The van der Waals surface area contributed by atoms with E-state index in [0.717, 1.165) is 0 Å². The van der Waals surface area contributed by atoms with Crippen LogP contribution in [0.3, 0.4) is 0 Å². The minimum Gasteiger partial charge on any atom is -0.211 e. The summed E-state index contributed by atoms with van der Waals surface area (Å²) >= 11 is 9.24. The van der Waals surface area contributed by atoms with Crippen LogP contribution in [-0.4, -0.2) is 12.9 Å². The van der Waals surface area contributed by atoms with E-state index in [4.69, 9.17) is 11.6 Å². The van der Waals surface area contributed by atoms with Crippen molar-refractivity contribution in [2.24, 2.45) is 3.77 Å². The van der Waals surface area contributed by atoms with Crippen LogP contribution in [0, 0.1) is 0 Å². The Morgan fingerprint density at radius 1 is 1.33 bits per heavy atom. The van der Waals surface area contributed by atoms with Crippen LogP contribution in [0.1, 0.15) is 0 Å². The summed E-state index contributed by atoms with van der Waals surface area (Å²) in [5.41, 5.74) is 0. The molecule has 0 unspecified atom stereocenters. The molecule has 0 saturated heterocycles. The maximum absolute atomic E-state index is 11.4. The molecular formula is C7H5ClNO3S3+. The first kappa shape index (κ1) is 12.6. The normalized spacial score (nSPS) is 11.9. The summed E-state index contributed by atoms with van der Waals surface area (Å²) < 4.78 is 25.4. The minimum absolute atomic E-state index is 0.0195. The third-order valence-electron chi connectivity index (χ3n) is 1.32. The summed E-state index contributed by atoms with van der Waals surface area (Å²) in [7, 11) is -3.81. The average molecular weight is 283 g/mol. The van der Waals surface area contributed by atoms with Gasteiger partial charge in [0.2, 0.25) is 0 Å². The van der Waals surface area contributed by atoms with Crippen molar-refractivity contribution in [3.05, 3.63) is 29.3 Å². The first-order chi connectivity index (χ1) is 6.92. The smallest absolute Gasteiger partial charge is 0.211 e. The third kappa shape index (κ3) is 3.86. The average Bonchev–Trinajstić information content (AvgIpc) is 2.16. The van der Waals surface area contributed by atoms with Gasteiger partial charge < -0.3 is 0 Å². The number of carbonyl (C=O) groups is 1. The lowest BCUT2D eigenvalue weighted by Crippen LogP contribution is -1.96. The van der Waals surface area contributed by atoms with Crippen molar-refractivity contribution < 1.29 is 13.2 Å². The molecule has 0 heterocycles. The van der Waals surface area contributed by atoms with Crippen molar-refractivity contribution in [2.45, 2.75) is 4.90 Å². The van der Waals surface area contributed by atoms with E-state index in [1.54, 1.807) is 0 Å². The Bertz CT molecular complexity index is 495. The van der Waals surface area contributed by atoms with Gasteiger partial charge in [0.15, 0.2) is 0 Å². The molecule has 8 heteroatoms. The number of hydrogen-bond acceptors (Lipinski definition) is 3. The van der Waals surface area contributed by atoms with Gasteiger partial charge in [-0.1, -0.05) is 11.6 Å².